The van der Waals surface area contributed by atoms with Crippen molar-refractivity contribution in [1.82, 2.24) is 0 Å². The van der Waals surface area contributed by atoms with Gasteiger partial charge in [0, 0.05) is 5.92 Å². The van der Waals surface area contributed by atoms with Gasteiger partial charge < -0.3 is 0 Å². The maximum atomic E-state index is 2.37. The SMILES string of the molecule is C[C]1c2cccc(C)c2C(C)(C)C1(C)C. The van der Waals surface area contributed by atoms with Crippen LogP contribution in [0, 0.1) is 18.3 Å². The predicted octanol–water partition coefficient (Wildman–Crippen LogP) is 4.25. The molecule has 1 aromatic rings. The Morgan fingerprint density at radius 3 is 2.00 bits per heavy atom. The topological polar surface area (TPSA) is 0 Å². The minimum Gasteiger partial charge on any atom is -0.0617 e. The first-order valence-electron chi connectivity index (χ1n) is 5.74. The number of hydrogen-bond acceptors (Lipinski definition) is 0. The molecule has 1 aliphatic rings. The van der Waals surface area contributed by atoms with Gasteiger partial charge in [0.15, 0.2) is 0 Å². The van der Waals surface area contributed by atoms with E-state index in [0.29, 0.717) is 0 Å². The lowest BCUT2D eigenvalue weighted by Crippen LogP contribution is -2.34. The van der Waals surface area contributed by atoms with Crippen LogP contribution >= 0.6 is 0 Å². The Morgan fingerprint density at radius 2 is 1.47 bits per heavy atom. The van der Waals surface area contributed by atoms with E-state index >= 15 is 0 Å². The Balaban J connectivity index is 2.75. The van der Waals surface area contributed by atoms with Crippen molar-refractivity contribution >= 4 is 0 Å². The van der Waals surface area contributed by atoms with Crippen molar-refractivity contribution in [3.63, 3.8) is 0 Å². The van der Waals surface area contributed by atoms with E-state index < -0.39 is 0 Å². The molecule has 0 nitrogen and oxygen atoms in total. The standard InChI is InChI=1S/C15H21/c1-10-8-7-9-12-11(2)14(3,4)15(5,6)13(10)12/h7-9H,1-6H3. The van der Waals surface area contributed by atoms with Crippen LogP contribution in [0.2, 0.25) is 0 Å². The van der Waals surface area contributed by atoms with Gasteiger partial charge in [-0.25, -0.2) is 0 Å². The second-order valence-corrected chi connectivity index (χ2v) is 5.87. The number of fused-ring (bicyclic) bond motifs is 1. The van der Waals surface area contributed by atoms with E-state index in [-0.39, 0.29) is 10.8 Å². The summed E-state index contributed by atoms with van der Waals surface area (Å²) in [6.45, 7) is 14.0. The van der Waals surface area contributed by atoms with Crippen molar-refractivity contribution < 1.29 is 0 Å². The first-order chi connectivity index (χ1) is 6.80. The van der Waals surface area contributed by atoms with E-state index in [2.05, 4.69) is 59.7 Å². The first-order valence-corrected chi connectivity index (χ1v) is 5.74. The lowest BCUT2D eigenvalue weighted by atomic mass is 9.65. The van der Waals surface area contributed by atoms with Crippen molar-refractivity contribution in [2.24, 2.45) is 5.41 Å². The van der Waals surface area contributed by atoms with Gasteiger partial charge in [-0.3, -0.25) is 0 Å². The van der Waals surface area contributed by atoms with Crippen molar-refractivity contribution in [1.29, 1.82) is 0 Å². The summed E-state index contributed by atoms with van der Waals surface area (Å²) in [5, 5.41) is 0. The van der Waals surface area contributed by atoms with Gasteiger partial charge in [-0.1, -0.05) is 52.8 Å². The van der Waals surface area contributed by atoms with Crippen LogP contribution in [0.15, 0.2) is 18.2 Å². The third-order valence-corrected chi connectivity index (χ3v) is 4.80. The summed E-state index contributed by atoms with van der Waals surface area (Å²) in [6.07, 6.45) is 0. The number of rotatable bonds is 0. The lowest BCUT2D eigenvalue weighted by Gasteiger charge is -2.38. The van der Waals surface area contributed by atoms with Crippen LogP contribution in [-0.4, -0.2) is 0 Å². The van der Waals surface area contributed by atoms with Crippen LogP contribution in [0.25, 0.3) is 0 Å². The smallest absolute Gasteiger partial charge is 0.00868 e. The molecular formula is C15H21. The fourth-order valence-electron chi connectivity index (χ4n) is 2.93. The molecule has 0 aliphatic heterocycles. The van der Waals surface area contributed by atoms with Gasteiger partial charge in [0.2, 0.25) is 0 Å². The molecular weight excluding hydrogens is 180 g/mol. The average molecular weight is 201 g/mol. The van der Waals surface area contributed by atoms with E-state index in [1.54, 1.807) is 5.56 Å². The Bertz CT molecular complexity index is 396. The van der Waals surface area contributed by atoms with Crippen molar-refractivity contribution in [2.75, 3.05) is 0 Å². The van der Waals surface area contributed by atoms with Gasteiger partial charge >= 0.3 is 0 Å². The molecule has 0 atom stereocenters. The molecule has 0 saturated heterocycles. The highest BCUT2D eigenvalue weighted by atomic mass is 14.5. The van der Waals surface area contributed by atoms with Crippen LogP contribution in [0.5, 0.6) is 0 Å². The molecule has 0 amide bonds. The average Bonchev–Trinajstić information content (AvgIpc) is 2.27. The molecule has 2 rings (SSSR count). The van der Waals surface area contributed by atoms with Gasteiger partial charge in [-0.05, 0) is 34.4 Å². The van der Waals surface area contributed by atoms with Crippen LogP contribution < -0.4 is 0 Å². The highest BCUT2D eigenvalue weighted by Crippen LogP contribution is 2.58. The maximum absolute atomic E-state index is 2.37. The monoisotopic (exact) mass is 201 g/mol. The maximum Gasteiger partial charge on any atom is 0.00868 e. The zero-order chi connectivity index (χ0) is 11.4. The fourth-order valence-corrected chi connectivity index (χ4v) is 2.93. The summed E-state index contributed by atoms with van der Waals surface area (Å²) in [5.41, 5.74) is 4.97. The molecule has 0 fully saturated rings. The quantitative estimate of drug-likeness (QED) is 0.588. The summed E-state index contributed by atoms with van der Waals surface area (Å²) >= 11 is 0. The summed E-state index contributed by atoms with van der Waals surface area (Å²) < 4.78 is 0. The van der Waals surface area contributed by atoms with Gasteiger partial charge in [0.05, 0.1) is 0 Å². The zero-order valence-electron chi connectivity index (χ0n) is 10.7. The molecule has 0 spiro atoms. The van der Waals surface area contributed by atoms with E-state index in [1.807, 2.05) is 0 Å². The molecule has 0 bridgehead atoms. The molecule has 0 saturated carbocycles. The zero-order valence-corrected chi connectivity index (χ0v) is 10.7. The fraction of sp³-hybridized carbons (Fsp3) is 0.533. The summed E-state index contributed by atoms with van der Waals surface area (Å²) in [5.74, 6) is 1.53. The summed E-state index contributed by atoms with van der Waals surface area (Å²) in [7, 11) is 0. The van der Waals surface area contributed by atoms with Crippen LogP contribution in [-0.2, 0) is 5.41 Å². The largest absolute Gasteiger partial charge is 0.0617 e. The van der Waals surface area contributed by atoms with Crippen LogP contribution in [0.1, 0.15) is 51.3 Å². The highest BCUT2D eigenvalue weighted by Gasteiger charge is 2.50. The third kappa shape index (κ3) is 1.14. The molecule has 0 heterocycles. The third-order valence-electron chi connectivity index (χ3n) is 4.80. The Morgan fingerprint density at radius 1 is 0.867 bits per heavy atom. The normalized spacial score (nSPS) is 22.8. The lowest BCUT2D eigenvalue weighted by molar-refractivity contribution is 0.247. The Kier molecular flexibility index (Phi) is 2.05. The predicted molar refractivity (Wildman–Crippen MR) is 66.0 cm³/mol. The van der Waals surface area contributed by atoms with Gasteiger partial charge in [0.1, 0.15) is 0 Å². The first kappa shape index (κ1) is 10.7. The molecule has 81 valence electrons. The van der Waals surface area contributed by atoms with Crippen molar-refractivity contribution in [3.8, 4) is 0 Å². The second kappa shape index (κ2) is 2.87. The molecule has 0 aromatic heterocycles. The molecule has 1 aliphatic carbocycles. The van der Waals surface area contributed by atoms with Gasteiger partial charge in [-0.2, -0.15) is 0 Å². The minimum atomic E-state index is 0.248. The molecule has 0 N–H and O–H groups in total. The molecule has 1 aromatic carbocycles. The highest BCUT2D eigenvalue weighted by molar-refractivity contribution is 5.56. The number of hydrogen-bond donors (Lipinski definition) is 0. The van der Waals surface area contributed by atoms with Crippen LogP contribution in [0.4, 0.5) is 0 Å². The van der Waals surface area contributed by atoms with Gasteiger partial charge in [-0.15, -0.1) is 0 Å². The Labute approximate surface area is 93.7 Å². The number of aryl methyl sites for hydroxylation is 1. The van der Waals surface area contributed by atoms with E-state index in [1.165, 1.54) is 17.0 Å². The van der Waals surface area contributed by atoms with E-state index in [0.717, 1.165) is 0 Å². The minimum absolute atomic E-state index is 0.248. The number of benzene rings is 1. The van der Waals surface area contributed by atoms with E-state index in [4.69, 9.17) is 0 Å². The molecule has 1 radical (unpaired) electrons. The molecule has 0 heteroatoms. The second-order valence-electron chi connectivity index (χ2n) is 5.87. The van der Waals surface area contributed by atoms with Crippen molar-refractivity contribution in [3.05, 3.63) is 40.8 Å². The summed E-state index contributed by atoms with van der Waals surface area (Å²) in [6, 6.07) is 6.68. The van der Waals surface area contributed by atoms with Crippen molar-refractivity contribution in [2.45, 2.75) is 47.0 Å². The van der Waals surface area contributed by atoms with Gasteiger partial charge in [0.25, 0.3) is 0 Å². The Hall–Kier alpha value is -0.780. The van der Waals surface area contributed by atoms with Crippen LogP contribution in [0.3, 0.4) is 0 Å². The molecule has 15 heavy (non-hydrogen) atoms. The van der Waals surface area contributed by atoms with E-state index in [9.17, 15) is 0 Å². The molecule has 0 unspecified atom stereocenters. The summed E-state index contributed by atoms with van der Waals surface area (Å²) in [4.78, 5) is 0.